The molecule has 0 saturated heterocycles. The Labute approximate surface area is 395 Å². The normalized spacial score (nSPS) is 14.4. The molecule has 2 aliphatic carbocycles. The van der Waals surface area contributed by atoms with Gasteiger partial charge in [0.1, 0.15) is 11.2 Å². The van der Waals surface area contributed by atoms with E-state index in [0.717, 1.165) is 50.0 Å². The van der Waals surface area contributed by atoms with Gasteiger partial charge < -0.3 is 13.9 Å². The summed E-state index contributed by atoms with van der Waals surface area (Å²) in [5.74, 6) is 0.305. The van der Waals surface area contributed by atoms with Gasteiger partial charge in [-0.15, -0.1) is 0 Å². The van der Waals surface area contributed by atoms with E-state index in [0.29, 0.717) is 5.92 Å². The Kier molecular flexibility index (Phi) is 8.31. The molecule has 0 amide bonds. The summed E-state index contributed by atoms with van der Waals surface area (Å²) < 4.78 is 9.05. The van der Waals surface area contributed by atoms with Gasteiger partial charge in [0.2, 0.25) is 0 Å². The molecule has 1 unspecified atom stereocenters. The van der Waals surface area contributed by atoms with Crippen molar-refractivity contribution >= 4 is 60.8 Å². The molecule has 0 aliphatic heterocycles. The van der Waals surface area contributed by atoms with Gasteiger partial charge in [-0.2, -0.15) is 0 Å². The summed E-state index contributed by atoms with van der Waals surface area (Å²) in [7, 11) is 0. The van der Waals surface area contributed by atoms with Crippen molar-refractivity contribution in [3.63, 3.8) is 0 Å². The Bertz CT molecular complexity index is 4020. The molecular formula is C65H46N2O. The first kappa shape index (κ1) is 38.8. The fourth-order valence-electron chi connectivity index (χ4n) is 12.1. The maximum atomic E-state index is 6.66. The summed E-state index contributed by atoms with van der Waals surface area (Å²) in [6.45, 7) is 7.08. The molecule has 12 aromatic rings. The van der Waals surface area contributed by atoms with Crippen molar-refractivity contribution in [3.8, 4) is 50.2 Å². The Balaban J connectivity index is 0.938. The second-order valence-electron chi connectivity index (χ2n) is 19.2. The van der Waals surface area contributed by atoms with Gasteiger partial charge in [0, 0.05) is 55.4 Å². The molecule has 0 radical (unpaired) electrons. The largest absolute Gasteiger partial charge is 0.456 e. The van der Waals surface area contributed by atoms with E-state index in [1.807, 2.05) is 0 Å². The zero-order chi connectivity index (χ0) is 45.3. The molecule has 0 spiro atoms. The monoisotopic (exact) mass is 870 g/mol. The van der Waals surface area contributed by atoms with Crippen LogP contribution in [0, 0.1) is 0 Å². The quantitative estimate of drug-likeness (QED) is 0.166. The average Bonchev–Trinajstić information content (AvgIpc) is 4.10. The summed E-state index contributed by atoms with van der Waals surface area (Å²) in [5.41, 5.74) is 24.0. The summed E-state index contributed by atoms with van der Waals surface area (Å²) in [5, 5.41) is 4.72. The Morgan fingerprint density at radius 2 is 1.06 bits per heavy atom. The molecule has 1 atom stereocenters. The van der Waals surface area contributed by atoms with E-state index in [2.05, 4.69) is 249 Å². The highest BCUT2D eigenvalue weighted by atomic mass is 16.3. The molecule has 2 aromatic heterocycles. The van der Waals surface area contributed by atoms with Crippen LogP contribution < -0.4 is 4.90 Å². The second kappa shape index (κ2) is 14.5. The van der Waals surface area contributed by atoms with Gasteiger partial charge >= 0.3 is 0 Å². The predicted molar refractivity (Wildman–Crippen MR) is 284 cm³/mol. The SMILES string of the molecule is CC1c2ccccc2-c2c1cccc2N(c1ccc(-c2cccc3oc4ccc(-c5cccc6c5c5ccccc5n6-c5ccccc5)cc4c23)cc1)c1cccc2c1-c1ccccc1C2(C)C. The van der Waals surface area contributed by atoms with Gasteiger partial charge in [-0.05, 0) is 122 Å². The van der Waals surface area contributed by atoms with Crippen LogP contribution in [0.3, 0.4) is 0 Å². The maximum absolute atomic E-state index is 6.66. The van der Waals surface area contributed by atoms with Crippen LogP contribution in [0.4, 0.5) is 17.1 Å². The zero-order valence-electron chi connectivity index (χ0n) is 38.2. The summed E-state index contributed by atoms with van der Waals surface area (Å²) in [4.78, 5) is 2.53. The van der Waals surface area contributed by atoms with Crippen LogP contribution in [-0.2, 0) is 5.41 Å². The molecular weight excluding hydrogens is 825 g/mol. The fraction of sp³-hybridized carbons (Fsp3) is 0.0769. The molecule has 0 saturated carbocycles. The van der Waals surface area contributed by atoms with Gasteiger partial charge in [-0.1, -0.05) is 172 Å². The van der Waals surface area contributed by atoms with Crippen LogP contribution >= 0.6 is 0 Å². The van der Waals surface area contributed by atoms with Crippen LogP contribution in [0.1, 0.15) is 48.9 Å². The van der Waals surface area contributed by atoms with Gasteiger partial charge in [0.25, 0.3) is 0 Å². The highest BCUT2D eigenvalue weighted by molar-refractivity contribution is 6.18. The van der Waals surface area contributed by atoms with E-state index in [-0.39, 0.29) is 5.41 Å². The number of para-hydroxylation sites is 2. The number of fused-ring (bicyclic) bond motifs is 12. The molecule has 3 nitrogen and oxygen atoms in total. The van der Waals surface area contributed by atoms with Crippen molar-refractivity contribution in [3.05, 3.63) is 241 Å². The van der Waals surface area contributed by atoms with Gasteiger partial charge in [-0.25, -0.2) is 0 Å². The molecule has 68 heavy (non-hydrogen) atoms. The Morgan fingerprint density at radius 3 is 1.91 bits per heavy atom. The Morgan fingerprint density at radius 1 is 0.441 bits per heavy atom. The van der Waals surface area contributed by atoms with E-state index in [1.165, 1.54) is 83.3 Å². The molecule has 0 bridgehead atoms. The van der Waals surface area contributed by atoms with E-state index in [1.54, 1.807) is 0 Å². The van der Waals surface area contributed by atoms with Crippen molar-refractivity contribution in [2.45, 2.75) is 32.1 Å². The van der Waals surface area contributed by atoms with E-state index >= 15 is 0 Å². The molecule has 3 heteroatoms. The van der Waals surface area contributed by atoms with Gasteiger partial charge in [0.05, 0.1) is 22.4 Å². The van der Waals surface area contributed by atoms with Crippen molar-refractivity contribution in [2.75, 3.05) is 4.90 Å². The summed E-state index contributed by atoms with van der Waals surface area (Å²) >= 11 is 0. The number of hydrogen-bond donors (Lipinski definition) is 0. The number of nitrogens with zero attached hydrogens (tertiary/aromatic N) is 2. The van der Waals surface area contributed by atoms with Crippen LogP contribution in [0.15, 0.2) is 223 Å². The van der Waals surface area contributed by atoms with Crippen LogP contribution in [0.5, 0.6) is 0 Å². The molecule has 2 aliphatic rings. The lowest BCUT2D eigenvalue weighted by Gasteiger charge is -2.31. The number of furan rings is 1. The van der Waals surface area contributed by atoms with Crippen molar-refractivity contribution in [2.24, 2.45) is 0 Å². The van der Waals surface area contributed by atoms with E-state index < -0.39 is 0 Å². The lowest BCUT2D eigenvalue weighted by Crippen LogP contribution is -2.16. The number of hydrogen-bond acceptors (Lipinski definition) is 2. The standard InChI is InChI=1S/C65H46N2O/c1-40-45-19-7-8-20-49(45)61-46(40)23-13-29-56(61)67(58-31-16-27-54-64(58)50-21-9-11-26-53(50)65(54,2)3)44-36-33-41(34-37-44)47-25-15-32-60-63(47)52-39-42(35-38-59(52)68-60)48-24-14-30-57-62(48)51-22-10-12-28-55(51)66(57)43-17-5-4-6-18-43/h4-40H,1-3H3. The zero-order valence-corrected chi connectivity index (χ0v) is 38.2. The topological polar surface area (TPSA) is 21.3 Å². The first-order chi connectivity index (χ1) is 33.4. The smallest absolute Gasteiger partial charge is 0.136 e. The molecule has 322 valence electrons. The van der Waals surface area contributed by atoms with Gasteiger partial charge in [-0.3, -0.25) is 0 Å². The number of aromatic nitrogens is 1. The third kappa shape index (κ3) is 5.47. The first-order valence-electron chi connectivity index (χ1n) is 23.8. The minimum atomic E-state index is -0.128. The van der Waals surface area contributed by atoms with Crippen molar-refractivity contribution in [1.82, 2.24) is 4.57 Å². The summed E-state index contributed by atoms with van der Waals surface area (Å²) in [6, 6.07) is 80.4. The predicted octanol–water partition coefficient (Wildman–Crippen LogP) is 17.9. The van der Waals surface area contributed by atoms with Crippen LogP contribution in [-0.4, -0.2) is 4.57 Å². The molecule has 10 aromatic carbocycles. The minimum absolute atomic E-state index is 0.128. The van der Waals surface area contributed by atoms with Crippen molar-refractivity contribution in [1.29, 1.82) is 0 Å². The lowest BCUT2D eigenvalue weighted by molar-refractivity contribution is 0.660. The molecule has 0 N–H and O–H groups in total. The number of anilines is 3. The third-order valence-electron chi connectivity index (χ3n) is 15.3. The highest BCUT2D eigenvalue weighted by Crippen LogP contribution is 2.57. The number of benzene rings is 10. The van der Waals surface area contributed by atoms with E-state index in [4.69, 9.17) is 4.42 Å². The molecule has 0 fully saturated rings. The fourth-order valence-corrected chi connectivity index (χ4v) is 12.1. The number of rotatable bonds is 6. The average molecular weight is 871 g/mol. The van der Waals surface area contributed by atoms with Crippen LogP contribution in [0.2, 0.25) is 0 Å². The Hall–Kier alpha value is -8.40. The summed E-state index contributed by atoms with van der Waals surface area (Å²) in [6.07, 6.45) is 0. The molecule has 2 heterocycles. The second-order valence-corrected chi connectivity index (χ2v) is 19.2. The third-order valence-corrected chi connectivity index (χ3v) is 15.3. The maximum Gasteiger partial charge on any atom is 0.136 e. The lowest BCUT2D eigenvalue weighted by atomic mass is 9.82. The van der Waals surface area contributed by atoms with Crippen LogP contribution in [0.25, 0.3) is 93.9 Å². The van der Waals surface area contributed by atoms with E-state index in [9.17, 15) is 0 Å². The van der Waals surface area contributed by atoms with Crippen molar-refractivity contribution < 1.29 is 4.42 Å². The highest BCUT2D eigenvalue weighted by Gasteiger charge is 2.39. The first-order valence-corrected chi connectivity index (χ1v) is 23.8. The molecule has 14 rings (SSSR count). The van der Waals surface area contributed by atoms with Gasteiger partial charge in [0.15, 0.2) is 0 Å². The minimum Gasteiger partial charge on any atom is -0.456 e.